The van der Waals surface area contributed by atoms with Crippen LogP contribution in [0.15, 0.2) is 18.2 Å². The van der Waals surface area contributed by atoms with Crippen LogP contribution in [0, 0.1) is 28.9 Å². The van der Waals surface area contributed by atoms with Crippen LogP contribution < -0.4 is 5.32 Å². The van der Waals surface area contributed by atoms with Gasteiger partial charge in [-0.3, -0.25) is 4.79 Å². The Morgan fingerprint density at radius 1 is 1.38 bits per heavy atom. The summed E-state index contributed by atoms with van der Waals surface area (Å²) in [5.41, 5.74) is -1.15. The highest BCUT2D eigenvalue weighted by Crippen LogP contribution is 2.31. The van der Waals surface area contributed by atoms with Crippen molar-refractivity contribution in [2.45, 2.75) is 44.6 Å². The first-order chi connectivity index (χ1) is 9.96. The van der Waals surface area contributed by atoms with Gasteiger partial charge >= 0.3 is 0 Å². The van der Waals surface area contributed by atoms with Crippen molar-refractivity contribution >= 4 is 5.91 Å². The number of benzene rings is 1. The summed E-state index contributed by atoms with van der Waals surface area (Å²) in [6.07, 6.45) is 2.49. The molecule has 2 rings (SSSR count). The van der Waals surface area contributed by atoms with Crippen LogP contribution in [-0.4, -0.2) is 11.4 Å². The molecule has 1 aliphatic carbocycles. The first-order valence-electron chi connectivity index (χ1n) is 7.11. The van der Waals surface area contributed by atoms with Gasteiger partial charge in [0, 0.05) is 5.56 Å². The van der Waals surface area contributed by atoms with E-state index in [1.54, 1.807) is 0 Å². The van der Waals surface area contributed by atoms with Crippen LogP contribution in [0.25, 0.3) is 0 Å². The molecule has 1 aromatic carbocycles. The standard InChI is InChI=1S/C16H18F2N2O/c1-11-5-7-16(10-19,8-6-11)20-15(21)9-12-13(17)3-2-4-14(12)18/h2-4,11H,5-9H2,1H3,(H,20,21). The maximum atomic E-state index is 13.5. The summed E-state index contributed by atoms with van der Waals surface area (Å²) < 4.78 is 27.1. The second kappa shape index (κ2) is 6.21. The predicted octanol–water partition coefficient (Wildman–Crippen LogP) is 3.10. The Bertz CT molecular complexity index is 552. The van der Waals surface area contributed by atoms with Crippen molar-refractivity contribution in [3.63, 3.8) is 0 Å². The van der Waals surface area contributed by atoms with Crippen molar-refractivity contribution in [1.29, 1.82) is 5.26 Å². The van der Waals surface area contributed by atoms with Crippen molar-refractivity contribution in [2.75, 3.05) is 0 Å². The maximum Gasteiger partial charge on any atom is 0.225 e. The smallest absolute Gasteiger partial charge is 0.225 e. The lowest BCUT2D eigenvalue weighted by atomic mass is 9.78. The van der Waals surface area contributed by atoms with Crippen molar-refractivity contribution in [2.24, 2.45) is 5.92 Å². The highest BCUT2D eigenvalue weighted by Gasteiger charge is 2.35. The van der Waals surface area contributed by atoms with E-state index in [9.17, 15) is 18.8 Å². The lowest BCUT2D eigenvalue weighted by Crippen LogP contribution is -2.50. The summed E-state index contributed by atoms with van der Waals surface area (Å²) in [7, 11) is 0. The number of hydrogen-bond acceptors (Lipinski definition) is 2. The Morgan fingerprint density at radius 2 is 1.95 bits per heavy atom. The predicted molar refractivity (Wildman–Crippen MR) is 74.2 cm³/mol. The van der Waals surface area contributed by atoms with Gasteiger partial charge in [-0.15, -0.1) is 0 Å². The number of nitrogens with zero attached hydrogens (tertiary/aromatic N) is 1. The third kappa shape index (κ3) is 3.57. The van der Waals surface area contributed by atoms with E-state index in [0.717, 1.165) is 25.0 Å². The summed E-state index contributed by atoms with van der Waals surface area (Å²) >= 11 is 0. The molecule has 0 atom stereocenters. The van der Waals surface area contributed by atoms with Gasteiger partial charge in [0.25, 0.3) is 0 Å². The average Bonchev–Trinajstić information content (AvgIpc) is 2.46. The fourth-order valence-corrected chi connectivity index (χ4v) is 2.69. The molecule has 1 amide bonds. The number of carbonyl (C=O) groups is 1. The number of nitrogens with one attached hydrogen (secondary N) is 1. The zero-order valence-corrected chi connectivity index (χ0v) is 12.0. The molecule has 0 saturated heterocycles. The molecule has 0 spiro atoms. The van der Waals surface area contributed by atoms with Gasteiger partial charge in [0.1, 0.15) is 17.2 Å². The Kier molecular flexibility index (Phi) is 4.56. The first kappa shape index (κ1) is 15.4. The van der Waals surface area contributed by atoms with Crippen molar-refractivity contribution in [3.05, 3.63) is 35.4 Å². The van der Waals surface area contributed by atoms with Crippen LogP contribution in [0.4, 0.5) is 8.78 Å². The Labute approximate surface area is 123 Å². The fraction of sp³-hybridized carbons (Fsp3) is 0.500. The van der Waals surface area contributed by atoms with Crippen molar-refractivity contribution < 1.29 is 13.6 Å². The maximum absolute atomic E-state index is 13.5. The Morgan fingerprint density at radius 3 is 2.48 bits per heavy atom. The van der Waals surface area contributed by atoms with Crippen LogP contribution in [-0.2, 0) is 11.2 Å². The van der Waals surface area contributed by atoms with Crippen LogP contribution in [0.3, 0.4) is 0 Å². The first-order valence-corrected chi connectivity index (χ1v) is 7.11. The van der Waals surface area contributed by atoms with Gasteiger partial charge < -0.3 is 5.32 Å². The van der Waals surface area contributed by atoms with Crippen LogP contribution in [0.2, 0.25) is 0 Å². The summed E-state index contributed by atoms with van der Waals surface area (Å²) in [5, 5.41) is 12.0. The summed E-state index contributed by atoms with van der Waals surface area (Å²) in [4.78, 5) is 12.0. The molecule has 21 heavy (non-hydrogen) atoms. The van der Waals surface area contributed by atoms with Gasteiger partial charge in [-0.25, -0.2) is 8.78 Å². The zero-order valence-electron chi connectivity index (χ0n) is 12.0. The van der Waals surface area contributed by atoms with Crippen LogP contribution in [0.5, 0.6) is 0 Å². The second-order valence-corrected chi connectivity index (χ2v) is 5.80. The molecule has 0 aliphatic heterocycles. The van der Waals surface area contributed by atoms with E-state index >= 15 is 0 Å². The third-order valence-corrected chi connectivity index (χ3v) is 4.12. The number of halogens is 2. The third-order valence-electron chi connectivity index (χ3n) is 4.12. The van der Waals surface area contributed by atoms with Gasteiger partial charge in [-0.2, -0.15) is 5.26 Å². The Hall–Kier alpha value is -1.96. The molecule has 112 valence electrons. The van der Waals surface area contributed by atoms with E-state index in [4.69, 9.17) is 0 Å². The van der Waals surface area contributed by atoms with Gasteiger partial charge in [-0.1, -0.05) is 13.0 Å². The van der Waals surface area contributed by atoms with E-state index in [2.05, 4.69) is 18.3 Å². The normalized spacial score (nSPS) is 25.1. The molecular formula is C16H18F2N2O. The molecule has 0 heterocycles. The summed E-state index contributed by atoms with van der Waals surface area (Å²) in [6, 6.07) is 5.66. The molecule has 1 aromatic rings. The molecule has 0 aromatic heterocycles. The highest BCUT2D eigenvalue weighted by molar-refractivity contribution is 5.80. The number of rotatable bonds is 3. The van der Waals surface area contributed by atoms with E-state index in [-0.39, 0.29) is 5.56 Å². The number of hydrogen-bond donors (Lipinski definition) is 1. The van der Waals surface area contributed by atoms with Crippen LogP contribution in [0.1, 0.15) is 38.2 Å². The van der Waals surface area contributed by atoms with Gasteiger partial charge in [-0.05, 0) is 43.7 Å². The van der Waals surface area contributed by atoms with Crippen LogP contribution >= 0.6 is 0 Å². The van der Waals surface area contributed by atoms with E-state index < -0.39 is 29.5 Å². The molecule has 3 nitrogen and oxygen atoms in total. The molecule has 1 fully saturated rings. The average molecular weight is 292 g/mol. The molecule has 0 unspecified atom stereocenters. The molecule has 0 bridgehead atoms. The number of amides is 1. The largest absolute Gasteiger partial charge is 0.338 e. The summed E-state index contributed by atoms with van der Waals surface area (Å²) in [6.45, 7) is 2.11. The quantitative estimate of drug-likeness (QED) is 0.930. The minimum atomic E-state index is -0.897. The summed E-state index contributed by atoms with van der Waals surface area (Å²) in [5.74, 6) is -1.47. The molecule has 1 saturated carbocycles. The van der Waals surface area contributed by atoms with Gasteiger partial charge in [0.05, 0.1) is 12.5 Å². The second-order valence-electron chi connectivity index (χ2n) is 5.80. The van der Waals surface area contributed by atoms with Gasteiger partial charge in [0.15, 0.2) is 0 Å². The van der Waals surface area contributed by atoms with E-state index in [1.807, 2.05) is 0 Å². The molecule has 1 aliphatic rings. The monoisotopic (exact) mass is 292 g/mol. The van der Waals surface area contributed by atoms with E-state index in [0.29, 0.717) is 18.8 Å². The lowest BCUT2D eigenvalue weighted by Gasteiger charge is -2.34. The minimum Gasteiger partial charge on any atom is -0.338 e. The minimum absolute atomic E-state index is 0.257. The molecule has 5 heteroatoms. The fourth-order valence-electron chi connectivity index (χ4n) is 2.69. The topological polar surface area (TPSA) is 52.9 Å². The molecular weight excluding hydrogens is 274 g/mol. The van der Waals surface area contributed by atoms with Crippen molar-refractivity contribution in [1.82, 2.24) is 5.32 Å². The lowest BCUT2D eigenvalue weighted by molar-refractivity contribution is -0.122. The molecule has 1 N–H and O–H groups in total. The van der Waals surface area contributed by atoms with E-state index in [1.165, 1.54) is 6.07 Å². The molecule has 0 radical (unpaired) electrons. The zero-order chi connectivity index (χ0) is 15.5. The SMILES string of the molecule is CC1CCC(C#N)(NC(=O)Cc2c(F)cccc2F)CC1. The Balaban J connectivity index is 2.06. The van der Waals surface area contributed by atoms with Crippen molar-refractivity contribution in [3.8, 4) is 6.07 Å². The number of nitriles is 1. The number of carbonyl (C=O) groups excluding carboxylic acids is 1. The highest BCUT2D eigenvalue weighted by atomic mass is 19.1. The van der Waals surface area contributed by atoms with Gasteiger partial charge in [0.2, 0.25) is 5.91 Å².